The number of amides is 1. The molecule has 1 N–H and O–H groups in total. The molecule has 0 spiro atoms. The quantitative estimate of drug-likeness (QED) is 0.277. The van der Waals surface area contributed by atoms with E-state index in [2.05, 4.69) is 10.5 Å². The molecule has 0 aliphatic carbocycles. The van der Waals surface area contributed by atoms with Gasteiger partial charge in [-0.1, -0.05) is 35.0 Å². The van der Waals surface area contributed by atoms with Gasteiger partial charge >= 0.3 is 0 Å². The van der Waals surface area contributed by atoms with Crippen LogP contribution in [-0.4, -0.2) is 30.8 Å². The van der Waals surface area contributed by atoms with Crippen LogP contribution in [0, 0.1) is 17.0 Å². The lowest BCUT2D eigenvalue weighted by Crippen LogP contribution is -2.20. The van der Waals surface area contributed by atoms with Gasteiger partial charge in [-0.15, -0.1) is 0 Å². The summed E-state index contributed by atoms with van der Waals surface area (Å²) in [5, 5.41) is 17.5. The molecule has 9 nitrogen and oxygen atoms in total. The van der Waals surface area contributed by atoms with Gasteiger partial charge in [0.25, 0.3) is 11.6 Å². The summed E-state index contributed by atoms with van der Waals surface area (Å²) < 4.78 is 10.9. The van der Waals surface area contributed by atoms with Crippen LogP contribution in [0.3, 0.4) is 0 Å². The molecule has 1 amide bonds. The molecule has 0 aliphatic rings. The highest BCUT2D eigenvalue weighted by Crippen LogP contribution is 2.27. The zero-order valence-corrected chi connectivity index (χ0v) is 18.2. The topological polar surface area (TPSA) is 112 Å². The van der Waals surface area contributed by atoms with Crippen LogP contribution >= 0.6 is 0 Å². The Labute approximate surface area is 190 Å². The number of rotatable bonds is 10. The van der Waals surface area contributed by atoms with E-state index in [1.807, 2.05) is 31.2 Å². The summed E-state index contributed by atoms with van der Waals surface area (Å²) in [7, 11) is 1.49. The number of benzene rings is 3. The smallest absolute Gasteiger partial charge is 0.269 e. The molecule has 0 atom stereocenters. The lowest BCUT2D eigenvalue weighted by Gasteiger charge is -2.11. The number of methoxy groups -OCH3 is 1. The Morgan fingerprint density at radius 3 is 2.61 bits per heavy atom. The minimum absolute atomic E-state index is 0.00653. The van der Waals surface area contributed by atoms with Crippen molar-refractivity contribution in [1.29, 1.82) is 0 Å². The molecular formula is C24H23N3O6. The first-order valence-electron chi connectivity index (χ1n) is 10.0. The molecule has 3 aromatic rings. The highest BCUT2D eigenvalue weighted by Gasteiger charge is 2.09. The van der Waals surface area contributed by atoms with Crippen LogP contribution in [0.4, 0.5) is 11.4 Å². The third-order valence-electron chi connectivity index (χ3n) is 4.51. The third kappa shape index (κ3) is 7.06. The number of carbonyl (C=O) groups is 1. The van der Waals surface area contributed by atoms with E-state index in [1.165, 1.54) is 25.5 Å². The second-order valence-corrected chi connectivity index (χ2v) is 7.05. The van der Waals surface area contributed by atoms with Crippen LogP contribution in [0.15, 0.2) is 71.9 Å². The van der Waals surface area contributed by atoms with Gasteiger partial charge in [0.1, 0.15) is 6.61 Å². The average molecular weight is 449 g/mol. The van der Waals surface area contributed by atoms with E-state index in [0.29, 0.717) is 28.3 Å². The van der Waals surface area contributed by atoms with Gasteiger partial charge in [-0.3, -0.25) is 14.9 Å². The number of nitro groups is 1. The molecule has 0 radical (unpaired) electrons. The number of anilines is 1. The van der Waals surface area contributed by atoms with Gasteiger partial charge in [-0.25, -0.2) is 0 Å². The van der Waals surface area contributed by atoms with E-state index in [-0.39, 0.29) is 24.8 Å². The Bertz CT molecular complexity index is 1150. The van der Waals surface area contributed by atoms with Crippen molar-refractivity contribution in [1.82, 2.24) is 0 Å². The van der Waals surface area contributed by atoms with Crippen molar-refractivity contribution in [3.63, 3.8) is 0 Å². The first kappa shape index (κ1) is 23.3. The van der Waals surface area contributed by atoms with Gasteiger partial charge in [0.2, 0.25) is 0 Å². The number of ether oxygens (including phenoxy) is 2. The van der Waals surface area contributed by atoms with Gasteiger partial charge in [0.15, 0.2) is 18.1 Å². The van der Waals surface area contributed by atoms with E-state index in [9.17, 15) is 14.9 Å². The standard InChI is InChI=1S/C24H23N3O6/c1-17-6-9-20(10-7-17)26-24(28)16-32-22-11-8-18(13-23(22)31-2)14-25-33-15-19-4-3-5-21(12-19)27(29)30/h3-14H,15-16H2,1-2H3,(H,26,28)/b25-14-. The maximum atomic E-state index is 12.1. The first-order valence-corrected chi connectivity index (χ1v) is 10.0. The zero-order chi connectivity index (χ0) is 23.6. The van der Waals surface area contributed by atoms with Crippen molar-refractivity contribution in [3.05, 3.63) is 93.5 Å². The number of non-ortho nitro benzene ring substituents is 1. The molecule has 170 valence electrons. The lowest BCUT2D eigenvalue weighted by molar-refractivity contribution is -0.384. The molecular weight excluding hydrogens is 426 g/mol. The van der Waals surface area contributed by atoms with Crippen molar-refractivity contribution in [2.45, 2.75) is 13.5 Å². The van der Waals surface area contributed by atoms with Gasteiger partial charge < -0.3 is 19.6 Å². The van der Waals surface area contributed by atoms with Crippen molar-refractivity contribution in [3.8, 4) is 11.5 Å². The summed E-state index contributed by atoms with van der Waals surface area (Å²) in [6, 6.07) is 18.7. The van der Waals surface area contributed by atoms with Crippen LogP contribution < -0.4 is 14.8 Å². The molecule has 33 heavy (non-hydrogen) atoms. The van der Waals surface area contributed by atoms with Crippen LogP contribution in [-0.2, 0) is 16.2 Å². The second kappa shape index (κ2) is 11.3. The lowest BCUT2D eigenvalue weighted by atomic mass is 10.2. The Hall–Kier alpha value is -4.40. The van der Waals surface area contributed by atoms with Gasteiger partial charge in [-0.2, -0.15) is 0 Å². The molecule has 0 fully saturated rings. The van der Waals surface area contributed by atoms with E-state index in [0.717, 1.165) is 5.56 Å². The number of hydrogen-bond donors (Lipinski definition) is 1. The summed E-state index contributed by atoms with van der Waals surface area (Å²) in [6.07, 6.45) is 1.48. The molecule has 3 rings (SSSR count). The highest BCUT2D eigenvalue weighted by molar-refractivity contribution is 5.92. The maximum Gasteiger partial charge on any atom is 0.269 e. The number of hydrogen-bond acceptors (Lipinski definition) is 7. The van der Waals surface area contributed by atoms with E-state index < -0.39 is 4.92 Å². The van der Waals surface area contributed by atoms with Gasteiger partial charge in [-0.05, 0) is 42.8 Å². The van der Waals surface area contributed by atoms with E-state index in [4.69, 9.17) is 14.3 Å². The Morgan fingerprint density at radius 1 is 1.09 bits per heavy atom. The average Bonchev–Trinajstić information content (AvgIpc) is 2.82. The Morgan fingerprint density at radius 2 is 1.88 bits per heavy atom. The molecule has 0 heterocycles. The molecule has 0 aliphatic heterocycles. The number of carbonyl (C=O) groups excluding carboxylic acids is 1. The molecule has 3 aromatic carbocycles. The molecule has 0 saturated heterocycles. The van der Waals surface area contributed by atoms with Crippen LogP contribution in [0.5, 0.6) is 11.5 Å². The predicted molar refractivity (Wildman–Crippen MR) is 124 cm³/mol. The third-order valence-corrected chi connectivity index (χ3v) is 4.51. The van der Waals surface area contributed by atoms with Crippen molar-refractivity contribution >= 4 is 23.5 Å². The van der Waals surface area contributed by atoms with Crippen LogP contribution in [0.25, 0.3) is 0 Å². The maximum absolute atomic E-state index is 12.1. The van der Waals surface area contributed by atoms with Crippen molar-refractivity contribution in [2.24, 2.45) is 5.16 Å². The fraction of sp³-hybridized carbons (Fsp3) is 0.167. The van der Waals surface area contributed by atoms with Gasteiger partial charge in [0.05, 0.1) is 18.2 Å². The normalized spacial score (nSPS) is 10.6. The Balaban J connectivity index is 1.53. The zero-order valence-electron chi connectivity index (χ0n) is 18.2. The van der Waals surface area contributed by atoms with Gasteiger partial charge in [0, 0.05) is 23.4 Å². The SMILES string of the molecule is COc1cc(/C=N\OCc2cccc([N+](=O)[O-])c2)ccc1OCC(=O)Nc1ccc(C)cc1. The summed E-state index contributed by atoms with van der Waals surface area (Å²) in [4.78, 5) is 27.7. The minimum atomic E-state index is -0.463. The fourth-order valence-electron chi connectivity index (χ4n) is 2.83. The van der Waals surface area contributed by atoms with Crippen LogP contribution in [0.2, 0.25) is 0 Å². The van der Waals surface area contributed by atoms with E-state index in [1.54, 1.807) is 30.3 Å². The summed E-state index contributed by atoms with van der Waals surface area (Å²) in [5.41, 5.74) is 3.10. The monoisotopic (exact) mass is 449 g/mol. The van der Waals surface area contributed by atoms with Crippen molar-refractivity contribution < 1.29 is 24.0 Å². The van der Waals surface area contributed by atoms with Crippen molar-refractivity contribution in [2.75, 3.05) is 19.0 Å². The second-order valence-electron chi connectivity index (χ2n) is 7.05. The highest BCUT2D eigenvalue weighted by atomic mass is 16.6. The summed E-state index contributed by atoms with van der Waals surface area (Å²) in [5.74, 6) is 0.549. The molecule has 0 unspecified atom stereocenters. The number of oxime groups is 1. The molecule has 0 saturated carbocycles. The minimum Gasteiger partial charge on any atom is -0.493 e. The number of nitrogens with zero attached hydrogens (tertiary/aromatic N) is 2. The van der Waals surface area contributed by atoms with Crippen LogP contribution in [0.1, 0.15) is 16.7 Å². The molecule has 0 bridgehead atoms. The molecule has 9 heteroatoms. The predicted octanol–water partition coefficient (Wildman–Crippen LogP) is 4.48. The number of nitro benzene ring substituents is 1. The number of nitrogens with one attached hydrogen (secondary N) is 1. The van der Waals surface area contributed by atoms with E-state index >= 15 is 0 Å². The summed E-state index contributed by atoms with van der Waals surface area (Å²) in [6.45, 7) is 1.88. The summed E-state index contributed by atoms with van der Waals surface area (Å²) >= 11 is 0. The number of aryl methyl sites for hydroxylation is 1. The first-order chi connectivity index (χ1) is 15.9. The molecule has 0 aromatic heterocycles. The largest absolute Gasteiger partial charge is 0.493 e. The Kier molecular flexibility index (Phi) is 7.96. The fourth-order valence-corrected chi connectivity index (χ4v) is 2.83.